The van der Waals surface area contributed by atoms with Crippen LogP contribution in [0.1, 0.15) is 36.2 Å². The van der Waals surface area contributed by atoms with Crippen LogP contribution in [0.5, 0.6) is 5.75 Å². The highest BCUT2D eigenvalue weighted by molar-refractivity contribution is 6.46. The second kappa shape index (κ2) is 9.65. The lowest BCUT2D eigenvalue weighted by atomic mass is 9.95. The fraction of sp³-hybridized carbons (Fsp3) is 0.192. The normalized spacial score (nSPS) is 17.4. The summed E-state index contributed by atoms with van der Waals surface area (Å²) in [6, 6.07) is 16.6. The molecule has 1 N–H and O–H groups in total. The van der Waals surface area contributed by atoms with Gasteiger partial charge in [0.25, 0.3) is 11.7 Å². The molecule has 2 aromatic carbocycles. The maximum Gasteiger partial charge on any atom is 0.296 e. The highest BCUT2D eigenvalue weighted by Crippen LogP contribution is 2.41. The number of carbonyl (C=O) groups is 2. The third kappa shape index (κ3) is 4.48. The van der Waals surface area contributed by atoms with Crippen molar-refractivity contribution >= 4 is 17.4 Å². The zero-order chi connectivity index (χ0) is 23.4. The van der Waals surface area contributed by atoms with Crippen molar-refractivity contribution in [1.82, 2.24) is 9.88 Å². The van der Waals surface area contributed by atoms with Gasteiger partial charge >= 0.3 is 0 Å². The summed E-state index contributed by atoms with van der Waals surface area (Å²) in [4.78, 5) is 31.6. The number of aliphatic hydroxyl groups excluding tert-OH is 1. The Hall–Kier alpha value is -4.00. The number of hydrogen-bond acceptors (Lipinski definition) is 5. The van der Waals surface area contributed by atoms with Crippen molar-refractivity contribution in [3.05, 3.63) is 101 Å². The Morgan fingerprint density at radius 3 is 2.61 bits per heavy atom. The van der Waals surface area contributed by atoms with Crippen LogP contribution >= 0.6 is 0 Å². The molecule has 33 heavy (non-hydrogen) atoms. The Morgan fingerprint density at radius 2 is 1.88 bits per heavy atom. The first kappa shape index (κ1) is 22.2. The summed E-state index contributed by atoms with van der Waals surface area (Å²) < 4.78 is 20.5. The number of aromatic nitrogens is 1. The van der Waals surface area contributed by atoms with Crippen LogP contribution in [0.25, 0.3) is 5.76 Å². The van der Waals surface area contributed by atoms with Crippen molar-refractivity contribution in [3.63, 3.8) is 0 Å². The highest BCUT2D eigenvalue weighted by atomic mass is 19.1. The largest absolute Gasteiger partial charge is 0.507 e. The Kier molecular flexibility index (Phi) is 6.49. The lowest BCUT2D eigenvalue weighted by Crippen LogP contribution is -2.30. The van der Waals surface area contributed by atoms with Crippen LogP contribution in [-0.4, -0.2) is 33.3 Å². The third-order valence-corrected chi connectivity index (χ3v) is 5.38. The summed E-state index contributed by atoms with van der Waals surface area (Å²) in [5.41, 5.74) is 0.790. The average Bonchev–Trinajstić information content (AvgIpc) is 3.08. The number of ketones is 1. The molecule has 1 atom stereocenters. The fourth-order valence-corrected chi connectivity index (χ4v) is 3.84. The van der Waals surface area contributed by atoms with Gasteiger partial charge in [-0.2, -0.15) is 0 Å². The average molecular weight is 446 g/mol. The number of ether oxygens (including phenoxy) is 1. The maximum absolute atomic E-state index is 14.9. The zero-order valence-corrected chi connectivity index (χ0v) is 18.1. The standard InChI is InChI=1S/C26H23FN2O4/c1-2-14-33-19-10-7-8-17(15-19)24(30)22-23(20-11-3-4-12-21(20)27)29(26(32)25(22)31)16-18-9-5-6-13-28-18/h3-13,15,23,30H,2,14,16H2,1H3/b24-22-. The highest BCUT2D eigenvalue weighted by Gasteiger charge is 2.47. The molecule has 1 aliphatic heterocycles. The van der Waals surface area contributed by atoms with Crippen LogP contribution in [0.3, 0.4) is 0 Å². The van der Waals surface area contributed by atoms with Gasteiger partial charge in [-0.1, -0.05) is 43.3 Å². The van der Waals surface area contributed by atoms with Crippen LogP contribution in [0.15, 0.2) is 78.5 Å². The molecule has 1 aliphatic rings. The van der Waals surface area contributed by atoms with E-state index < -0.39 is 23.5 Å². The summed E-state index contributed by atoms with van der Waals surface area (Å²) in [5, 5.41) is 11.2. The Morgan fingerprint density at radius 1 is 1.09 bits per heavy atom. The fourth-order valence-electron chi connectivity index (χ4n) is 3.84. The quantitative estimate of drug-likeness (QED) is 0.325. The number of halogens is 1. The van der Waals surface area contributed by atoms with E-state index in [1.807, 2.05) is 6.92 Å². The molecule has 0 aliphatic carbocycles. The van der Waals surface area contributed by atoms with E-state index in [1.165, 1.54) is 23.1 Å². The van der Waals surface area contributed by atoms with Crippen LogP contribution in [0.2, 0.25) is 0 Å². The monoisotopic (exact) mass is 446 g/mol. The van der Waals surface area contributed by atoms with Gasteiger partial charge in [0.1, 0.15) is 17.3 Å². The summed E-state index contributed by atoms with van der Waals surface area (Å²) in [7, 11) is 0. The molecule has 3 aromatic rings. The number of hydrogen-bond donors (Lipinski definition) is 1. The third-order valence-electron chi connectivity index (χ3n) is 5.38. The molecule has 1 unspecified atom stereocenters. The second-order valence-corrected chi connectivity index (χ2v) is 7.65. The SMILES string of the molecule is CCCOc1cccc(/C(O)=C2/C(=O)C(=O)N(Cc3ccccn3)C2c2ccccc2F)c1. The summed E-state index contributed by atoms with van der Waals surface area (Å²) in [6.45, 7) is 2.45. The van der Waals surface area contributed by atoms with E-state index in [0.717, 1.165) is 6.42 Å². The van der Waals surface area contributed by atoms with Crippen molar-refractivity contribution in [3.8, 4) is 5.75 Å². The van der Waals surface area contributed by atoms with Gasteiger partial charge in [0.2, 0.25) is 0 Å². The minimum absolute atomic E-state index is 0.0131. The van der Waals surface area contributed by atoms with E-state index >= 15 is 0 Å². The van der Waals surface area contributed by atoms with Crippen LogP contribution < -0.4 is 4.74 Å². The zero-order valence-electron chi connectivity index (χ0n) is 18.1. The van der Waals surface area contributed by atoms with Gasteiger partial charge in [0.15, 0.2) is 0 Å². The van der Waals surface area contributed by atoms with E-state index in [-0.39, 0.29) is 23.4 Å². The topological polar surface area (TPSA) is 79.7 Å². The number of aliphatic hydroxyl groups is 1. The Balaban J connectivity index is 1.84. The minimum Gasteiger partial charge on any atom is -0.507 e. The number of pyridine rings is 1. The molecule has 7 heteroatoms. The molecule has 0 spiro atoms. The second-order valence-electron chi connectivity index (χ2n) is 7.65. The number of likely N-dealkylation sites (tertiary alicyclic amines) is 1. The van der Waals surface area contributed by atoms with Crippen molar-refractivity contribution in [1.29, 1.82) is 0 Å². The van der Waals surface area contributed by atoms with Crippen molar-refractivity contribution < 1.29 is 23.8 Å². The number of rotatable bonds is 7. The molecular weight excluding hydrogens is 423 g/mol. The van der Waals surface area contributed by atoms with Crippen LogP contribution in [0, 0.1) is 5.82 Å². The first-order valence-electron chi connectivity index (χ1n) is 10.7. The Bertz CT molecular complexity index is 1210. The molecule has 6 nitrogen and oxygen atoms in total. The molecule has 168 valence electrons. The molecule has 1 fully saturated rings. The van der Waals surface area contributed by atoms with Gasteiger partial charge in [0.05, 0.1) is 30.5 Å². The molecule has 1 aromatic heterocycles. The predicted molar refractivity (Wildman–Crippen MR) is 121 cm³/mol. The number of carbonyl (C=O) groups excluding carboxylic acids is 2. The van der Waals surface area contributed by atoms with Crippen molar-refractivity contribution in [2.45, 2.75) is 25.9 Å². The van der Waals surface area contributed by atoms with Crippen molar-refractivity contribution in [2.24, 2.45) is 0 Å². The number of benzene rings is 2. The molecule has 4 rings (SSSR count). The maximum atomic E-state index is 14.9. The molecule has 2 heterocycles. The van der Waals surface area contributed by atoms with Gasteiger partial charge in [-0.05, 0) is 36.8 Å². The number of nitrogens with zero attached hydrogens (tertiary/aromatic N) is 2. The summed E-state index contributed by atoms with van der Waals surface area (Å²) in [5.74, 6) is -2.15. The summed E-state index contributed by atoms with van der Waals surface area (Å²) in [6.07, 6.45) is 2.38. The predicted octanol–water partition coefficient (Wildman–Crippen LogP) is 4.63. The van der Waals surface area contributed by atoms with Crippen LogP contribution in [-0.2, 0) is 16.1 Å². The summed E-state index contributed by atoms with van der Waals surface area (Å²) >= 11 is 0. The van der Waals surface area contributed by atoms with Crippen LogP contribution in [0.4, 0.5) is 4.39 Å². The van der Waals surface area contributed by atoms with Gasteiger partial charge < -0.3 is 14.7 Å². The number of amides is 1. The van der Waals surface area contributed by atoms with E-state index in [4.69, 9.17) is 4.74 Å². The van der Waals surface area contributed by atoms with E-state index in [0.29, 0.717) is 23.6 Å². The molecule has 1 amide bonds. The number of Topliss-reactive ketones (excluding diaryl/α,β-unsaturated/α-hetero) is 1. The van der Waals surface area contributed by atoms with E-state index in [1.54, 1.807) is 54.7 Å². The van der Waals surface area contributed by atoms with Gasteiger partial charge in [-0.25, -0.2) is 4.39 Å². The van der Waals surface area contributed by atoms with Gasteiger partial charge in [0, 0.05) is 17.3 Å². The lowest BCUT2D eigenvalue weighted by Gasteiger charge is -2.25. The smallest absolute Gasteiger partial charge is 0.296 e. The molecule has 1 saturated heterocycles. The molecule has 0 saturated carbocycles. The lowest BCUT2D eigenvalue weighted by molar-refractivity contribution is -0.140. The van der Waals surface area contributed by atoms with Gasteiger partial charge in [-0.15, -0.1) is 0 Å². The molecule has 0 radical (unpaired) electrons. The molecule has 0 bridgehead atoms. The minimum atomic E-state index is -1.10. The van der Waals surface area contributed by atoms with Gasteiger partial charge in [-0.3, -0.25) is 14.6 Å². The van der Waals surface area contributed by atoms with Crippen molar-refractivity contribution in [2.75, 3.05) is 6.61 Å². The van der Waals surface area contributed by atoms with E-state index in [9.17, 15) is 19.1 Å². The first-order valence-corrected chi connectivity index (χ1v) is 10.7. The molecular formula is C26H23FN2O4. The Labute approximate surface area is 191 Å². The van der Waals surface area contributed by atoms with E-state index in [2.05, 4.69) is 4.98 Å². The first-order chi connectivity index (χ1) is 16.0.